The molecule has 1 aromatic carbocycles. The Morgan fingerprint density at radius 2 is 1.88 bits per heavy atom. The van der Waals surface area contributed by atoms with Crippen LogP contribution in [0.2, 0.25) is 0 Å². The maximum absolute atomic E-state index is 9.19. The fourth-order valence-electron chi connectivity index (χ4n) is 2.84. The number of nitrogens with two attached hydrogens (primary N) is 1. The van der Waals surface area contributed by atoms with E-state index in [4.69, 9.17) is 5.73 Å². The van der Waals surface area contributed by atoms with Gasteiger partial charge in [-0.1, -0.05) is 6.07 Å². The van der Waals surface area contributed by atoms with Gasteiger partial charge >= 0.3 is 0 Å². The van der Waals surface area contributed by atoms with Crippen molar-refractivity contribution >= 4 is 11.4 Å². The SMILES string of the molecule is N#Cc1c(N)cccc1N1CCC2(CC1)CC2. The molecule has 1 spiro atoms. The summed E-state index contributed by atoms with van der Waals surface area (Å²) in [5.74, 6) is 0. The third-order valence-corrected chi connectivity index (χ3v) is 4.31. The van der Waals surface area contributed by atoms with Gasteiger partial charge in [0.05, 0.1) is 16.9 Å². The zero-order valence-electron chi connectivity index (χ0n) is 9.95. The molecule has 2 fully saturated rings. The highest BCUT2D eigenvalue weighted by Crippen LogP contribution is 2.54. The highest BCUT2D eigenvalue weighted by Gasteiger charge is 2.44. The average molecular weight is 227 g/mol. The number of benzene rings is 1. The molecule has 0 amide bonds. The van der Waals surface area contributed by atoms with Crippen LogP contribution in [0.1, 0.15) is 31.2 Å². The average Bonchev–Trinajstić information content (AvgIpc) is 3.10. The first-order valence-electron chi connectivity index (χ1n) is 6.28. The lowest BCUT2D eigenvalue weighted by Crippen LogP contribution is -2.34. The summed E-state index contributed by atoms with van der Waals surface area (Å²) in [6.45, 7) is 2.14. The van der Waals surface area contributed by atoms with Gasteiger partial charge < -0.3 is 10.6 Å². The number of nitrogens with zero attached hydrogens (tertiary/aromatic N) is 2. The molecular formula is C14H17N3. The minimum Gasteiger partial charge on any atom is -0.398 e. The zero-order valence-corrected chi connectivity index (χ0v) is 9.95. The van der Waals surface area contributed by atoms with E-state index in [0.29, 0.717) is 16.7 Å². The molecule has 0 atom stereocenters. The van der Waals surface area contributed by atoms with Gasteiger partial charge in [0.15, 0.2) is 0 Å². The smallest absolute Gasteiger partial charge is 0.104 e. The topological polar surface area (TPSA) is 53.1 Å². The van der Waals surface area contributed by atoms with E-state index in [-0.39, 0.29) is 0 Å². The van der Waals surface area contributed by atoms with Crippen LogP contribution in [-0.2, 0) is 0 Å². The number of piperidine rings is 1. The standard InChI is InChI=1S/C14H17N3/c15-10-11-12(16)2-1-3-13(11)17-8-6-14(4-5-14)7-9-17/h1-3H,4-9,16H2. The second-order valence-corrected chi connectivity index (χ2v) is 5.34. The van der Waals surface area contributed by atoms with Gasteiger partial charge in [-0.3, -0.25) is 0 Å². The first-order valence-corrected chi connectivity index (χ1v) is 6.28. The van der Waals surface area contributed by atoms with Gasteiger partial charge in [0.1, 0.15) is 6.07 Å². The molecule has 1 aliphatic carbocycles. The van der Waals surface area contributed by atoms with Crippen molar-refractivity contribution < 1.29 is 0 Å². The fourth-order valence-corrected chi connectivity index (χ4v) is 2.84. The van der Waals surface area contributed by atoms with E-state index in [1.165, 1.54) is 25.7 Å². The van der Waals surface area contributed by atoms with E-state index in [1.807, 2.05) is 12.1 Å². The third-order valence-electron chi connectivity index (χ3n) is 4.31. The van der Waals surface area contributed by atoms with Crippen molar-refractivity contribution in [3.63, 3.8) is 0 Å². The van der Waals surface area contributed by atoms with Crippen LogP contribution in [0.25, 0.3) is 0 Å². The molecule has 0 bridgehead atoms. The quantitative estimate of drug-likeness (QED) is 0.750. The molecule has 1 saturated heterocycles. The molecule has 1 heterocycles. The zero-order chi connectivity index (χ0) is 11.9. The van der Waals surface area contributed by atoms with Gasteiger partial charge in [-0.2, -0.15) is 5.26 Å². The van der Waals surface area contributed by atoms with Gasteiger partial charge in [-0.05, 0) is 43.2 Å². The highest BCUT2D eigenvalue weighted by molar-refractivity contribution is 5.70. The number of hydrogen-bond acceptors (Lipinski definition) is 3. The van der Waals surface area contributed by atoms with E-state index < -0.39 is 0 Å². The Morgan fingerprint density at radius 3 is 2.47 bits per heavy atom. The first-order chi connectivity index (χ1) is 8.24. The fraction of sp³-hybridized carbons (Fsp3) is 0.500. The van der Waals surface area contributed by atoms with Crippen molar-refractivity contribution in [3.8, 4) is 6.07 Å². The van der Waals surface area contributed by atoms with Gasteiger partial charge in [-0.25, -0.2) is 0 Å². The van der Waals surface area contributed by atoms with Crippen molar-refractivity contribution in [1.29, 1.82) is 5.26 Å². The Kier molecular flexibility index (Phi) is 2.25. The van der Waals surface area contributed by atoms with E-state index in [1.54, 1.807) is 6.07 Å². The molecule has 17 heavy (non-hydrogen) atoms. The maximum atomic E-state index is 9.19. The Bertz CT molecular complexity index is 473. The predicted octanol–water partition coefficient (Wildman–Crippen LogP) is 2.52. The molecule has 1 aliphatic heterocycles. The van der Waals surface area contributed by atoms with E-state index >= 15 is 0 Å². The van der Waals surface area contributed by atoms with E-state index in [2.05, 4.69) is 11.0 Å². The minimum absolute atomic E-state index is 0.594. The lowest BCUT2D eigenvalue weighted by atomic mass is 9.93. The van der Waals surface area contributed by atoms with Crippen LogP contribution >= 0.6 is 0 Å². The second-order valence-electron chi connectivity index (χ2n) is 5.34. The Balaban J connectivity index is 1.85. The Labute approximate surface area is 102 Å². The lowest BCUT2D eigenvalue weighted by Gasteiger charge is -2.34. The van der Waals surface area contributed by atoms with Gasteiger partial charge in [0, 0.05) is 13.1 Å². The van der Waals surface area contributed by atoms with Gasteiger partial charge in [0.2, 0.25) is 0 Å². The summed E-state index contributed by atoms with van der Waals surface area (Å²) >= 11 is 0. The second kappa shape index (κ2) is 3.66. The summed E-state index contributed by atoms with van der Waals surface area (Å²) in [5, 5.41) is 9.19. The largest absolute Gasteiger partial charge is 0.398 e. The highest BCUT2D eigenvalue weighted by atomic mass is 15.1. The minimum atomic E-state index is 0.594. The molecular weight excluding hydrogens is 210 g/mol. The number of nitrogen functional groups attached to an aromatic ring is 1. The summed E-state index contributed by atoms with van der Waals surface area (Å²) in [7, 11) is 0. The molecule has 3 heteroatoms. The van der Waals surface area contributed by atoms with Crippen LogP contribution < -0.4 is 10.6 Å². The summed E-state index contributed by atoms with van der Waals surface area (Å²) in [6, 6.07) is 7.98. The summed E-state index contributed by atoms with van der Waals surface area (Å²) in [4.78, 5) is 2.32. The number of hydrogen-bond donors (Lipinski definition) is 1. The van der Waals surface area contributed by atoms with Crippen LogP contribution in [-0.4, -0.2) is 13.1 Å². The molecule has 1 aromatic rings. The van der Waals surface area contributed by atoms with Crippen LogP contribution in [0.3, 0.4) is 0 Å². The molecule has 0 radical (unpaired) electrons. The first kappa shape index (κ1) is 10.5. The molecule has 2 aliphatic rings. The van der Waals surface area contributed by atoms with E-state index in [9.17, 15) is 5.26 Å². The Morgan fingerprint density at radius 1 is 1.18 bits per heavy atom. The van der Waals surface area contributed by atoms with Crippen molar-refractivity contribution in [3.05, 3.63) is 23.8 Å². The van der Waals surface area contributed by atoms with Crippen molar-refractivity contribution in [2.45, 2.75) is 25.7 Å². The molecule has 0 aromatic heterocycles. The summed E-state index contributed by atoms with van der Waals surface area (Å²) in [5.41, 5.74) is 8.77. The summed E-state index contributed by atoms with van der Waals surface area (Å²) < 4.78 is 0. The molecule has 0 unspecified atom stereocenters. The molecule has 3 nitrogen and oxygen atoms in total. The van der Waals surface area contributed by atoms with Crippen LogP contribution in [0.5, 0.6) is 0 Å². The van der Waals surface area contributed by atoms with E-state index in [0.717, 1.165) is 18.8 Å². The monoisotopic (exact) mass is 227 g/mol. The van der Waals surface area contributed by atoms with Gasteiger partial charge in [0.25, 0.3) is 0 Å². The van der Waals surface area contributed by atoms with Gasteiger partial charge in [-0.15, -0.1) is 0 Å². The maximum Gasteiger partial charge on any atom is 0.104 e. The number of anilines is 2. The molecule has 2 N–H and O–H groups in total. The summed E-state index contributed by atoms with van der Waals surface area (Å²) in [6.07, 6.45) is 5.35. The van der Waals surface area contributed by atoms with Crippen molar-refractivity contribution in [1.82, 2.24) is 0 Å². The van der Waals surface area contributed by atoms with Crippen molar-refractivity contribution in [2.24, 2.45) is 5.41 Å². The molecule has 1 saturated carbocycles. The van der Waals surface area contributed by atoms with Crippen LogP contribution in [0.4, 0.5) is 11.4 Å². The van der Waals surface area contributed by atoms with Crippen LogP contribution in [0, 0.1) is 16.7 Å². The number of rotatable bonds is 1. The lowest BCUT2D eigenvalue weighted by molar-refractivity contribution is 0.384. The normalized spacial score (nSPS) is 21.2. The predicted molar refractivity (Wildman–Crippen MR) is 68.7 cm³/mol. The molecule has 88 valence electrons. The molecule has 3 rings (SSSR count). The Hall–Kier alpha value is -1.69. The number of nitriles is 1. The third kappa shape index (κ3) is 1.74. The van der Waals surface area contributed by atoms with Crippen LogP contribution in [0.15, 0.2) is 18.2 Å². The van der Waals surface area contributed by atoms with Crippen molar-refractivity contribution in [2.75, 3.05) is 23.7 Å².